The average Bonchev–Trinajstić information content (AvgIpc) is 2.46. The molecule has 2 amide bonds. The van der Waals surface area contributed by atoms with Crippen LogP contribution in [0.5, 0.6) is 0 Å². The minimum atomic E-state index is -0.106. The predicted octanol–water partition coefficient (Wildman–Crippen LogP) is 2.28. The summed E-state index contributed by atoms with van der Waals surface area (Å²) in [7, 11) is 0. The Hall–Kier alpha value is -1.62. The van der Waals surface area contributed by atoms with Gasteiger partial charge in [0.05, 0.1) is 4.99 Å². The van der Waals surface area contributed by atoms with Crippen LogP contribution in [0.1, 0.15) is 25.3 Å². The van der Waals surface area contributed by atoms with Crippen LogP contribution in [0.15, 0.2) is 30.3 Å². The van der Waals surface area contributed by atoms with Gasteiger partial charge in [0, 0.05) is 25.0 Å². The van der Waals surface area contributed by atoms with Crippen molar-refractivity contribution in [2.75, 3.05) is 13.1 Å². The number of amides is 2. The quantitative estimate of drug-likeness (QED) is 0.840. The van der Waals surface area contributed by atoms with Gasteiger partial charge in [-0.1, -0.05) is 49.5 Å². The van der Waals surface area contributed by atoms with Gasteiger partial charge in [-0.25, -0.2) is 4.79 Å². The number of hydrogen-bond donors (Lipinski definition) is 2. The fraction of sp³-hybridized carbons (Fsp3) is 0.467. The number of urea groups is 1. The highest BCUT2D eigenvalue weighted by Gasteiger charge is 2.34. The number of piperidine rings is 1. The number of likely N-dealkylation sites (tertiary alicyclic amines) is 1. The lowest BCUT2D eigenvalue weighted by molar-refractivity contribution is 0.160. The van der Waals surface area contributed by atoms with E-state index in [9.17, 15) is 4.79 Å². The number of thiocarbonyl (C=S) groups is 1. The second-order valence-electron chi connectivity index (χ2n) is 5.56. The van der Waals surface area contributed by atoms with E-state index in [1.54, 1.807) is 0 Å². The SMILES string of the molecule is CC1(C(N)=S)CCN(C(=O)NCc2ccccc2)CC1. The van der Waals surface area contributed by atoms with Crippen molar-refractivity contribution in [3.8, 4) is 0 Å². The molecule has 0 spiro atoms. The maximum absolute atomic E-state index is 12.1. The molecular weight excluding hydrogens is 270 g/mol. The minimum Gasteiger partial charge on any atom is -0.393 e. The number of nitrogens with zero attached hydrogens (tertiary/aromatic N) is 1. The summed E-state index contributed by atoms with van der Waals surface area (Å²) in [6, 6.07) is 9.89. The highest BCUT2D eigenvalue weighted by atomic mass is 32.1. The Morgan fingerprint density at radius 3 is 2.50 bits per heavy atom. The summed E-state index contributed by atoms with van der Waals surface area (Å²) in [5, 5.41) is 2.95. The van der Waals surface area contributed by atoms with Gasteiger partial charge in [-0.05, 0) is 18.4 Å². The number of hydrogen-bond acceptors (Lipinski definition) is 2. The summed E-state index contributed by atoms with van der Waals surface area (Å²) in [5.41, 5.74) is 6.77. The maximum Gasteiger partial charge on any atom is 0.317 e. The Kier molecular flexibility index (Phi) is 4.60. The molecule has 1 aromatic carbocycles. The first-order valence-electron chi connectivity index (χ1n) is 6.88. The van der Waals surface area contributed by atoms with E-state index in [0.29, 0.717) is 24.6 Å². The molecule has 0 unspecified atom stereocenters. The molecule has 3 N–H and O–H groups in total. The Balaban J connectivity index is 1.82. The smallest absolute Gasteiger partial charge is 0.317 e. The van der Waals surface area contributed by atoms with E-state index in [2.05, 4.69) is 12.2 Å². The van der Waals surface area contributed by atoms with Gasteiger partial charge in [-0.15, -0.1) is 0 Å². The van der Waals surface area contributed by atoms with E-state index in [1.165, 1.54) is 0 Å². The molecule has 20 heavy (non-hydrogen) atoms. The number of benzene rings is 1. The Labute approximate surface area is 125 Å². The van der Waals surface area contributed by atoms with Gasteiger partial charge in [0.1, 0.15) is 0 Å². The van der Waals surface area contributed by atoms with Gasteiger partial charge in [0.15, 0.2) is 0 Å². The van der Waals surface area contributed by atoms with Crippen molar-refractivity contribution in [3.63, 3.8) is 0 Å². The number of carbonyl (C=O) groups is 1. The average molecular weight is 291 g/mol. The molecule has 4 nitrogen and oxygen atoms in total. The van der Waals surface area contributed by atoms with E-state index in [-0.39, 0.29) is 11.4 Å². The summed E-state index contributed by atoms with van der Waals surface area (Å²) < 4.78 is 0. The van der Waals surface area contributed by atoms with Gasteiger partial charge >= 0.3 is 6.03 Å². The second kappa shape index (κ2) is 6.22. The van der Waals surface area contributed by atoms with Crippen LogP contribution < -0.4 is 11.1 Å². The van der Waals surface area contributed by atoms with Crippen LogP contribution in [0.4, 0.5) is 4.79 Å². The number of nitrogens with two attached hydrogens (primary N) is 1. The molecule has 0 aliphatic carbocycles. The monoisotopic (exact) mass is 291 g/mol. The molecule has 1 aromatic rings. The van der Waals surface area contributed by atoms with E-state index < -0.39 is 0 Å². The third-order valence-corrected chi connectivity index (χ3v) is 4.53. The molecule has 0 bridgehead atoms. The summed E-state index contributed by atoms with van der Waals surface area (Å²) in [4.78, 5) is 14.5. The molecule has 0 atom stereocenters. The molecule has 2 rings (SSSR count). The molecule has 108 valence electrons. The molecule has 0 aromatic heterocycles. The zero-order valence-electron chi connectivity index (χ0n) is 11.8. The van der Waals surface area contributed by atoms with Gasteiger partial charge in [0.2, 0.25) is 0 Å². The van der Waals surface area contributed by atoms with Crippen molar-refractivity contribution in [1.29, 1.82) is 0 Å². The van der Waals surface area contributed by atoms with Crippen LogP contribution in [-0.4, -0.2) is 29.0 Å². The summed E-state index contributed by atoms with van der Waals surface area (Å²) in [6.07, 6.45) is 1.67. The molecule has 0 saturated carbocycles. The van der Waals surface area contributed by atoms with Crippen molar-refractivity contribution in [2.24, 2.45) is 11.1 Å². The van der Waals surface area contributed by atoms with Crippen molar-refractivity contribution in [3.05, 3.63) is 35.9 Å². The van der Waals surface area contributed by atoms with Crippen molar-refractivity contribution in [1.82, 2.24) is 10.2 Å². The number of nitrogens with one attached hydrogen (secondary N) is 1. The van der Waals surface area contributed by atoms with Crippen LogP contribution in [0, 0.1) is 5.41 Å². The molecule has 5 heteroatoms. The predicted molar refractivity (Wildman–Crippen MR) is 84.4 cm³/mol. The fourth-order valence-corrected chi connectivity index (χ4v) is 2.54. The van der Waals surface area contributed by atoms with E-state index in [4.69, 9.17) is 18.0 Å². The van der Waals surface area contributed by atoms with E-state index in [0.717, 1.165) is 18.4 Å². The standard InChI is InChI=1S/C15H21N3OS/c1-15(13(16)20)7-9-18(10-8-15)14(19)17-11-12-5-3-2-4-6-12/h2-6H,7-11H2,1H3,(H2,16,20)(H,17,19). The molecule has 0 radical (unpaired) electrons. The topological polar surface area (TPSA) is 58.4 Å². The summed E-state index contributed by atoms with van der Waals surface area (Å²) >= 11 is 5.11. The summed E-state index contributed by atoms with van der Waals surface area (Å²) in [6.45, 7) is 4.04. The number of rotatable bonds is 3. The second-order valence-corrected chi connectivity index (χ2v) is 6.00. The highest BCUT2D eigenvalue weighted by molar-refractivity contribution is 7.80. The van der Waals surface area contributed by atoms with Gasteiger partial charge in [0.25, 0.3) is 0 Å². The third-order valence-electron chi connectivity index (χ3n) is 4.04. The van der Waals surface area contributed by atoms with Crippen LogP contribution >= 0.6 is 12.2 Å². The normalized spacial score (nSPS) is 17.6. The van der Waals surface area contributed by atoms with Crippen molar-refractivity contribution < 1.29 is 4.79 Å². The molecule has 1 aliphatic rings. The van der Waals surface area contributed by atoms with Crippen molar-refractivity contribution in [2.45, 2.75) is 26.3 Å². The minimum absolute atomic E-state index is 0.0150. The Morgan fingerprint density at radius 1 is 1.35 bits per heavy atom. The Morgan fingerprint density at radius 2 is 1.95 bits per heavy atom. The lowest BCUT2D eigenvalue weighted by Crippen LogP contribution is -2.49. The lowest BCUT2D eigenvalue weighted by Gasteiger charge is -2.38. The first-order valence-corrected chi connectivity index (χ1v) is 7.29. The first kappa shape index (κ1) is 14.8. The fourth-order valence-electron chi connectivity index (χ4n) is 2.34. The zero-order chi connectivity index (χ0) is 14.6. The molecular formula is C15H21N3OS. The van der Waals surface area contributed by atoms with Crippen LogP contribution in [0.25, 0.3) is 0 Å². The largest absolute Gasteiger partial charge is 0.393 e. The zero-order valence-corrected chi connectivity index (χ0v) is 12.6. The first-order chi connectivity index (χ1) is 9.51. The highest BCUT2D eigenvalue weighted by Crippen LogP contribution is 2.31. The number of carbonyl (C=O) groups excluding carboxylic acids is 1. The summed E-state index contributed by atoms with van der Waals surface area (Å²) in [5.74, 6) is 0. The lowest BCUT2D eigenvalue weighted by atomic mass is 9.80. The van der Waals surface area contributed by atoms with Gasteiger partial charge in [-0.2, -0.15) is 0 Å². The third kappa shape index (κ3) is 3.48. The van der Waals surface area contributed by atoms with Crippen molar-refractivity contribution >= 4 is 23.2 Å². The van der Waals surface area contributed by atoms with Gasteiger partial charge < -0.3 is 16.0 Å². The van der Waals surface area contributed by atoms with Gasteiger partial charge in [-0.3, -0.25) is 0 Å². The van der Waals surface area contributed by atoms with Crippen LogP contribution in [0.2, 0.25) is 0 Å². The van der Waals surface area contributed by atoms with E-state index in [1.807, 2.05) is 35.2 Å². The maximum atomic E-state index is 12.1. The molecule has 1 heterocycles. The molecule has 1 saturated heterocycles. The molecule has 1 fully saturated rings. The Bertz CT molecular complexity index is 481. The van der Waals surface area contributed by atoms with Crippen LogP contribution in [-0.2, 0) is 6.54 Å². The van der Waals surface area contributed by atoms with E-state index >= 15 is 0 Å². The van der Waals surface area contributed by atoms with Crippen LogP contribution in [0.3, 0.4) is 0 Å². The molecule has 1 aliphatic heterocycles.